The molecule has 18 heavy (non-hydrogen) atoms. The largest absolute Gasteiger partial charge is 0.392 e. The summed E-state index contributed by atoms with van der Waals surface area (Å²) < 4.78 is 5.59. The summed E-state index contributed by atoms with van der Waals surface area (Å²) in [4.78, 5) is 11.5. The Labute approximate surface area is 110 Å². The van der Waals surface area contributed by atoms with Crippen LogP contribution in [0.25, 0.3) is 0 Å². The fraction of sp³-hybridized carbons (Fsp3) is 0.214. The van der Waals surface area contributed by atoms with E-state index in [4.69, 9.17) is 4.74 Å². The van der Waals surface area contributed by atoms with E-state index in [0.717, 1.165) is 23.0 Å². The van der Waals surface area contributed by atoms with E-state index in [1.807, 2.05) is 30.3 Å². The van der Waals surface area contributed by atoms with Crippen LogP contribution in [0.15, 0.2) is 35.7 Å². The third kappa shape index (κ3) is 3.04. The van der Waals surface area contributed by atoms with Crippen molar-refractivity contribution < 1.29 is 14.6 Å². The minimum absolute atomic E-state index is 0.0611. The van der Waals surface area contributed by atoms with Crippen molar-refractivity contribution in [2.45, 2.75) is 19.8 Å². The topological polar surface area (TPSA) is 46.5 Å². The number of carbonyl (C=O) groups is 1. The summed E-state index contributed by atoms with van der Waals surface area (Å²) in [6.45, 7) is 0.788. The second-order valence-electron chi connectivity index (χ2n) is 3.86. The Hall–Kier alpha value is -1.49. The molecule has 4 heteroatoms. The van der Waals surface area contributed by atoms with E-state index in [2.05, 4.69) is 0 Å². The van der Waals surface area contributed by atoms with Gasteiger partial charge < -0.3 is 9.84 Å². The van der Waals surface area contributed by atoms with E-state index >= 15 is 0 Å². The Balaban J connectivity index is 1.97. The van der Waals surface area contributed by atoms with E-state index in [1.165, 1.54) is 11.3 Å². The molecular weight excluding hydrogens is 248 g/mol. The first-order chi connectivity index (χ1) is 8.85. The number of carbonyl (C=O) groups excluding carboxylic acids is 1. The van der Waals surface area contributed by atoms with E-state index < -0.39 is 0 Å². The van der Waals surface area contributed by atoms with Gasteiger partial charge in [-0.2, -0.15) is 0 Å². The van der Waals surface area contributed by atoms with Crippen molar-refractivity contribution in [2.75, 3.05) is 0 Å². The Morgan fingerprint density at radius 1 is 1.22 bits per heavy atom. The molecule has 2 aromatic rings. The van der Waals surface area contributed by atoms with Gasteiger partial charge in [0.25, 0.3) is 0 Å². The molecule has 3 nitrogen and oxygen atoms in total. The Morgan fingerprint density at radius 3 is 2.67 bits per heavy atom. The lowest BCUT2D eigenvalue weighted by Crippen LogP contribution is -1.98. The lowest BCUT2D eigenvalue weighted by atomic mass is 10.2. The molecule has 0 saturated carbocycles. The van der Waals surface area contributed by atoms with Gasteiger partial charge in [0.2, 0.25) is 0 Å². The zero-order valence-corrected chi connectivity index (χ0v) is 10.7. The number of hydrogen-bond acceptors (Lipinski definition) is 4. The number of thiophene rings is 1. The number of rotatable bonds is 6. The van der Waals surface area contributed by atoms with Gasteiger partial charge in [0.05, 0.1) is 24.7 Å². The van der Waals surface area contributed by atoms with Crippen LogP contribution in [0.3, 0.4) is 0 Å². The predicted octanol–water partition coefficient (Wildman–Crippen LogP) is 2.77. The summed E-state index contributed by atoms with van der Waals surface area (Å²) in [6, 6.07) is 9.84. The van der Waals surface area contributed by atoms with E-state index in [9.17, 15) is 9.90 Å². The molecule has 1 aromatic heterocycles. The first-order valence-corrected chi connectivity index (χ1v) is 6.50. The summed E-state index contributed by atoms with van der Waals surface area (Å²) in [5, 5.41) is 11.0. The summed E-state index contributed by atoms with van der Waals surface area (Å²) >= 11 is 1.34. The quantitative estimate of drug-likeness (QED) is 0.814. The lowest BCUT2D eigenvalue weighted by Gasteiger charge is -2.06. The first-order valence-electron chi connectivity index (χ1n) is 5.62. The molecule has 0 spiro atoms. The molecular formula is C14H14O3S. The summed E-state index contributed by atoms with van der Waals surface area (Å²) in [5.41, 5.74) is 2.66. The first kappa shape index (κ1) is 13.0. The Morgan fingerprint density at radius 2 is 2.00 bits per heavy atom. The molecule has 0 unspecified atom stereocenters. The van der Waals surface area contributed by atoms with Crippen LogP contribution in [-0.2, 0) is 24.6 Å². The maximum Gasteiger partial charge on any atom is 0.160 e. The van der Waals surface area contributed by atoms with Crippen LogP contribution < -0.4 is 0 Å². The van der Waals surface area contributed by atoms with Crippen LogP contribution in [0.1, 0.15) is 26.4 Å². The molecule has 1 N–H and O–H groups in total. The van der Waals surface area contributed by atoms with Gasteiger partial charge in [-0.15, -0.1) is 11.3 Å². The smallest absolute Gasteiger partial charge is 0.160 e. The summed E-state index contributed by atoms with van der Waals surface area (Å²) in [5.74, 6) is 0. The highest BCUT2D eigenvalue weighted by atomic mass is 32.1. The maximum atomic E-state index is 10.9. The van der Waals surface area contributed by atoms with Gasteiger partial charge in [0.15, 0.2) is 6.29 Å². The highest BCUT2D eigenvalue weighted by molar-refractivity contribution is 7.12. The average molecular weight is 262 g/mol. The number of hydrogen-bond donors (Lipinski definition) is 1. The predicted molar refractivity (Wildman–Crippen MR) is 70.6 cm³/mol. The standard InChI is InChI=1S/C14H14O3S/c15-6-12-10-18-14(7-16)13(12)9-17-8-11-4-2-1-3-5-11/h1-5,7,10,15H,6,8-9H2. The van der Waals surface area contributed by atoms with Crippen molar-refractivity contribution in [1.29, 1.82) is 0 Å². The van der Waals surface area contributed by atoms with Crippen LogP contribution in [0.4, 0.5) is 0 Å². The highest BCUT2D eigenvalue weighted by Crippen LogP contribution is 2.22. The van der Waals surface area contributed by atoms with Crippen molar-refractivity contribution in [3.05, 3.63) is 57.3 Å². The zero-order valence-electron chi connectivity index (χ0n) is 9.83. The summed E-state index contributed by atoms with van der Waals surface area (Å²) in [6.07, 6.45) is 0.811. The number of aldehydes is 1. The molecule has 1 heterocycles. The fourth-order valence-corrected chi connectivity index (χ4v) is 2.55. The van der Waals surface area contributed by atoms with Crippen molar-refractivity contribution in [3.8, 4) is 0 Å². The lowest BCUT2D eigenvalue weighted by molar-refractivity contribution is 0.103. The van der Waals surface area contributed by atoms with Gasteiger partial charge in [0.1, 0.15) is 0 Å². The molecule has 0 aliphatic carbocycles. The van der Waals surface area contributed by atoms with Crippen molar-refractivity contribution in [2.24, 2.45) is 0 Å². The van der Waals surface area contributed by atoms with Crippen LogP contribution in [-0.4, -0.2) is 11.4 Å². The molecule has 1 aromatic carbocycles. The van der Waals surface area contributed by atoms with Gasteiger partial charge in [-0.05, 0) is 16.5 Å². The molecule has 0 saturated heterocycles. The van der Waals surface area contributed by atoms with Crippen LogP contribution in [0.5, 0.6) is 0 Å². The minimum Gasteiger partial charge on any atom is -0.392 e. The number of aliphatic hydroxyl groups excluding tert-OH is 1. The molecule has 0 radical (unpaired) electrons. The Kier molecular flexibility index (Phi) is 4.64. The third-order valence-electron chi connectivity index (χ3n) is 2.65. The average Bonchev–Trinajstić information content (AvgIpc) is 2.82. The van der Waals surface area contributed by atoms with Crippen LogP contribution in [0.2, 0.25) is 0 Å². The van der Waals surface area contributed by atoms with Crippen LogP contribution in [0, 0.1) is 0 Å². The zero-order chi connectivity index (χ0) is 12.8. The van der Waals surface area contributed by atoms with Gasteiger partial charge in [-0.25, -0.2) is 0 Å². The molecule has 0 aliphatic heterocycles. The van der Waals surface area contributed by atoms with Gasteiger partial charge in [-0.3, -0.25) is 4.79 Å². The monoisotopic (exact) mass is 262 g/mol. The van der Waals surface area contributed by atoms with Crippen molar-refractivity contribution >= 4 is 17.6 Å². The van der Waals surface area contributed by atoms with Gasteiger partial charge >= 0.3 is 0 Å². The fourth-order valence-electron chi connectivity index (χ4n) is 1.68. The molecule has 0 bridgehead atoms. The normalized spacial score (nSPS) is 10.5. The second kappa shape index (κ2) is 6.44. The second-order valence-corrected chi connectivity index (χ2v) is 4.77. The Bertz CT molecular complexity index is 505. The van der Waals surface area contributed by atoms with Gasteiger partial charge in [-0.1, -0.05) is 30.3 Å². The van der Waals surface area contributed by atoms with Gasteiger partial charge in [0, 0.05) is 5.56 Å². The van der Waals surface area contributed by atoms with E-state index in [-0.39, 0.29) is 6.61 Å². The number of benzene rings is 1. The molecule has 0 atom stereocenters. The van der Waals surface area contributed by atoms with E-state index in [1.54, 1.807) is 5.38 Å². The molecule has 0 fully saturated rings. The maximum absolute atomic E-state index is 10.9. The highest BCUT2D eigenvalue weighted by Gasteiger charge is 2.10. The molecule has 0 amide bonds. The molecule has 94 valence electrons. The minimum atomic E-state index is -0.0611. The third-order valence-corrected chi connectivity index (χ3v) is 3.65. The van der Waals surface area contributed by atoms with Crippen molar-refractivity contribution in [1.82, 2.24) is 0 Å². The van der Waals surface area contributed by atoms with E-state index in [0.29, 0.717) is 18.1 Å². The van der Waals surface area contributed by atoms with Crippen LogP contribution >= 0.6 is 11.3 Å². The SMILES string of the molecule is O=Cc1scc(CO)c1COCc1ccccc1. The molecule has 2 rings (SSSR count). The molecule has 0 aliphatic rings. The number of ether oxygens (including phenoxy) is 1. The summed E-state index contributed by atoms with van der Waals surface area (Å²) in [7, 11) is 0. The number of aliphatic hydroxyl groups is 1. The van der Waals surface area contributed by atoms with Crippen molar-refractivity contribution in [3.63, 3.8) is 0 Å².